The summed E-state index contributed by atoms with van der Waals surface area (Å²) in [5.74, 6) is 0.00856. The molecule has 2 aromatic rings. The lowest BCUT2D eigenvalue weighted by molar-refractivity contribution is -0.122. The van der Waals surface area contributed by atoms with Crippen LogP contribution in [0.3, 0.4) is 0 Å². The first-order valence-corrected chi connectivity index (χ1v) is 10.7. The summed E-state index contributed by atoms with van der Waals surface area (Å²) in [5.41, 5.74) is 6.67. The molecule has 1 heterocycles. The van der Waals surface area contributed by atoms with Gasteiger partial charge in [-0.15, -0.1) is 0 Å². The van der Waals surface area contributed by atoms with Crippen molar-refractivity contribution in [1.82, 2.24) is 0 Å². The number of carbonyl (C=O) groups excluding carboxylic acids is 2. The summed E-state index contributed by atoms with van der Waals surface area (Å²) in [5, 5.41) is 2.94. The Bertz CT molecular complexity index is 1020. The molecule has 0 aromatic heterocycles. The van der Waals surface area contributed by atoms with E-state index < -0.39 is 0 Å². The molecule has 1 N–H and O–H groups in total. The number of hydrogen-bond acceptors (Lipinski definition) is 3. The van der Waals surface area contributed by atoms with Gasteiger partial charge in [0, 0.05) is 11.4 Å². The molecule has 1 saturated carbocycles. The summed E-state index contributed by atoms with van der Waals surface area (Å²) in [7, 11) is 0. The topological polar surface area (TPSA) is 61.8 Å². The molecule has 2 amide bonds. The third-order valence-electron chi connectivity index (χ3n) is 6.20. The summed E-state index contributed by atoms with van der Waals surface area (Å²) in [6.07, 6.45) is 2.63. The zero-order valence-electron chi connectivity index (χ0n) is 18.2. The third-order valence-corrected chi connectivity index (χ3v) is 6.20. The van der Waals surface area contributed by atoms with Gasteiger partial charge >= 0.3 is 0 Å². The highest BCUT2D eigenvalue weighted by Crippen LogP contribution is 2.39. The lowest BCUT2D eigenvalue weighted by Crippen LogP contribution is -2.42. The second-order valence-electron chi connectivity index (χ2n) is 8.72. The zero-order valence-corrected chi connectivity index (χ0v) is 18.2. The molecule has 0 saturated heterocycles. The van der Waals surface area contributed by atoms with Gasteiger partial charge in [0.25, 0.3) is 0 Å². The summed E-state index contributed by atoms with van der Waals surface area (Å²) in [6.45, 7) is 8.33. The highest BCUT2D eigenvalue weighted by Gasteiger charge is 2.37. The largest absolute Gasteiger partial charge is 0.325 e. The maximum absolute atomic E-state index is 13.4. The van der Waals surface area contributed by atoms with Gasteiger partial charge in [-0.3, -0.25) is 14.6 Å². The van der Waals surface area contributed by atoms with Crippen LogP contribution in [0.15, 0.2) is 41.4 Å². The number of nitrogens with zero attached hydrogens (tertiary/aromatic N) is 2. The van der Waals surface area contributed by atoms with Crippen LogP contribution in [0.5, 0.6) is 0 Å². The molecule has 1 aliphatic heterocycles. The smallest absolute Gasteiger partial charge is 0.244 e. The quantitative estimate of drug-likeness (QED) is 0.754. The van der Waals surface area contributed by atoms with Crippen molar-refractivity contribution < 1.29 is 9.59 Å². The fraction of sp³-hybridized carbons (Fsp3) is 0.400. The number of anilines is 2. The fourth-order valence-corrected chi connectivity index (χ4v) is 4.24. The number of carbonyl (C=O) groups is 2. The first-order valence-electron chi connectivity index (χ1n) is 10.7. The maximum Gasteiger partial charge on any atom is 0.244 e. The third kappa shape index (κ3) is 3.89. The van der Waals surface area contributed by atoms with Crippen molar-refractivity contribution in [2.45, 2.75) is 52.9 Å². The summed E-state index contributed by atoms with van der Waals surface area (Å²) < 4.78 is 0. The van der Waals surface area contributed by atoms with Crippen LogP contribution in [-0.2, 0) is 9.59 Å². The average Bonchev–Trinajstić information content (AvgIpc) is 3.13. The van der Waals surface area contributed by atoms with E-state index in [0.717, 1.165) is 53.2 Å². The molecule has 5 heteroatoms. The molecule has 4 rings (SSSR count). The van der Waals surface area contributed by atoms with Crippen molar-refractivity contribution in [3.8, 4) is 0 Å². The molecule has 0 radical (unpaired) electrons. The minimum Gasteiger partial charge on any atom is -0.325 e. The van der Waals surface area contributed by atoms with Gasteiger partial charge in [-0.2, -0.15) is 0 Å². The Balaban J connectivity index is 1.60. The number of amides is 2. The van der Waals surface area contributed by atoms with Gasteiger partial charge in [-0.1, -0.05) is 26.0 Å². The Morgan fingerprint density at radius 3 is 2.57 bits per heavy atom. The normalized spacial score (nSPS) is 18.0. The molecule has 156 valence electrons. The van der Waals surface area contributed by atoms with Crippen LogP contribution >= 0.6 is 0 Å². The van der Waals surface area contributed by atoms with E-state index in [1.54, 1.807) is 4.90 Å². The van der Waals surface area contributed by atoms with E-state index in [0.29, 0.717) is 5.92 Å². The van der Waals surface area contributed by atoms with Gasteiger partial charge in [0.1, 0.15) is 6.54 Å². The van der Waals surface area contributed by atoms with E-state index in [4.69, 9.17) is 4.99 Å². The Morgan fingerprint density at radius 2 is 1.87 bits per heavy atom. The fourth-order valence-electron chi connectivity index (χ4n) is 4.24. The molecule has 0 unspecified atom stereocenters. The van der Waals surface area contributed by atoms with Crippen LogP contribution in [0, 0.1) is 19.8 Å². The van der Waals surface area contributed by atoms with E-state index in [9.17, 15) is 9.59 Å². The minimum absolute atomic E-state index is 0.0143. The van der Waals surface area contributed by atoms with Crippen molar-refractivity contribution in [3.05, 3.63) is 53.1 Å². The number of aliphatic imine (C=N–C) groups is 1. The van der Waals surface area contributed by atoms with Gasteiger partial charge in [0.15, 0.2) is 0 Å². The Kier molecular flexibility index (Phi) is 5.46. The zero-order chi connectivity index (χ0) is 21.4. The van der Waals surface area contributed by atoms with Gasteiger partial charge in [-0.05, 0) is 80.0 Å². The molecule has 5 nitrogen and oxygen atoms in total. The van der Waals surface area contributed by atoms with Crippen LogP contribution in [0.25, 0.3) is 0 Å². The second-order valence-corrected chi connectivity index (χ2v) is 8.72. The minimum atomic E-state index is -0.212. The van der Waals surface area contributed by atoms with Crippen molar-refractivity contribution in [2.24, 2.45) is 10.9 Å². The van der Waals surface area contributed by atoms with E-state index in [1.807, 2.05) is 50.2 Å². The molecular formula is C25H29N3O2. The van der Waals surface area contributed by atoms with Crippen LogP contribution in [0.1, 0.15) is 55.7 Å². The monoisotopic (exact) mass is 403 g/mol. The van der Waals surface area contributed by atoms with Gasteiger partial charge < -0.3 is 10.2 Å². The number of benzene rings is 2. The summed E-state index contributed by atoms with van der Waals surface area (Å²) in [6, 6.07) is 11.9. The second kappa shape index (κ2) is 8.05. The summed E-state index contributed by atoms with van der Waals surface area (Å²) >= 11 is 0. The molecule has 2 aliphatic rings. The van der Waals surface area contributed by atoms with Gasteiger partial charge in [0.05, 0.1) is 17.3 Å². The maximum atomic E-state index is 13.4. The van der Waals surface area contributed by atoms with E-state index >= 15 is 0 Å². The van der Waals surface area contributed by atoms with Crippen molar-refractivity contribution in [2.75, 3.05) is 16.8 Å². The average molecular weight is 404 g/mol. The van der Waals surface area contributed by atoms with Crippen molar-refractivity contribution in [1.29, 1.82) is 0 Å². The van der Waals surface area contributed by atoms with Crippen LogP contribution in [0.2, 0.25) is 0 Å². The highest BCUT2D eigenvalue weighted by molar-refractivity contribution is 6.16. The van der Waals surface area contributed by atoms with Crippen LogP contribution in [0.4, 0.5) is 17.1 Å². The predicted octanol–water partition coefficient (Wildman–Crippen LogP) is 5.28. The summed E-state index contributed by atoms with van der Waals surface area (Å²) in [4.78, 5) is 32.7. The van der Waals surface area contributed by atoms with Crippen LogP contribution in [-0.4, -0.2) is 24.1 Å². The number of aryl methyl sites for hydroxylation is 2. The van der Waals surface area contributed by atoms with E-state index in [2.05, 4.69) is 19.2 Å². The standard InChI is InChI=1S/C25H29N3O2/c1-15(2)18-8-10-19(11-9-18)26-24(29)14-28-23-13-17(4)16(3)12-22(23)27-21-7-5-6-20(21)25(28)30/h8-13,15,20H,5-7,14H2,1-4H3,(H,26,29)/t20-/m1/s1. The number of nitrogens with one attached hydrogen (secondary N) is 1. The molecule has 0 bridgehead atoms. The lowest BCUT2D eigenvalue weighted by Gasteiger charge is -2.25. The molecule has 1 atom stereocenters. The van der Waals surface area contributed by atoms with Crippen molar-refractivity contribution in [3.63, 3.8) is 0 Å². The molecule has 1 fully saturated rings. The van der Waals surface area contributed by atoms with E-state index in [-0.39, 0.29) is 24.3 Å². The van der Waals surface area contributed by atoms with E-state index in [1.165, 1.54) is 5.56 Å². The SMILES string of the molecule is Cc1cc2c(cc1C)N(CC(=O)Nc1ccc(C(C)C)cc1)C(=O)[C@@H]1CCCC1=N2. The predicted molar refractivity (Wildman–Crippen MR) is 122 cm³/mol. The van der Waals surface area contributed by atoms with Crippen LogP contribution < -0.4 is 10.2 Å². The number of rotatable bonds is 4. The van der Waals surface area contributed by atoms with Gasteiger partial charge in [0.2, 0.25) is 11.8 Å². The highest BCUT2D eigenvalue weighted by atomic mass is 16.2. The molecule has 1 aliphatic carbocycles. The van der Waals surface area contributed by atoms with Crippen molar-refractivity contribution >= 4 is 34.6 Å². The Morgan fingerprint density at radius 1 is 1.17 bits per heavy atom. The number of hydrogen-bond donors (Lipinski definition) is 1. The Labute approximate surface area is 178 Å². The first-order chi connectivity index (χ1) is 14.3. The molecule has 2 aromatic carbocycles. The van der Waals surface area contributed by atoms with Gasteiger partial charge in [-0.25, -0.2) is 0 Å². The lowest BCUT2D eigenvalue weighted by atomic mass is 10.0. The molecule has 30 heavy (non-hydrogen) atoms. The Hall–Kier alpha value is -2.95. The number of fused-ring (bicyclic) bond motifs is 2. The first kappa shape index (κ1) is 20.3. The molecular weight excluding hydrogens is 374 g/mol. The molecule has 0 spiro atoms.